The minimum atomic E-state index is -5.11. The molecule has 3 nitrogen and oxygen atoms in total. The van der Waals surface area contributed by atoms with E-state index in [4.69, 9.17) is 0 Å². The van der Waals surface area contributed by atoms with Crippen LogP contribution < -0.4 is 0 Å². The molecule has 11 heteroatoms. The van der Waals surface area contributed by atoms with Crippen LogP contribution in [0.3, 0.4) is 0 Å². The Morgan fingerprint density at radius 3 is 2.29 bits per heavy atom. The van der Waals surface area contributed by atoms with Crippen molar-refractivity contribution in [3.63, 3.8) is 0 Å². The molecule has 0 amide bonds. The molecule has 0 bridgehead atoms. The number of halogens is 8. The Morgan fingerprint density at radius 1 is 1.12 bits per heavy atom. The maximum absolute atomic E-state index is 13.6. The van der Waals surface area contributed by atoms with E-state index in [1.54, 1.807) is 0 Å². The van der Waals surface area contributed by atoms with E-state index in [0.29, 0.717) is 4.68 Å². The van der Waals surface area contributed by atoms with Gasteiger partial charge >= 0.3 is 6.18 Å². The Kier molecular flexibility index (Phi) is 3.67. The number of hydrogen-bond acceptors (Lipinski definition) is 2. The van der Waals surface area contributed by atoms with Gasteiger partial charge < -0.3 is 5.11 Å². The zero-order valence-corrected chi connectivity index (χ0v) is 11.9. The summed E-state index contributed by atoms with van der Waals surface area (Å²) in [7, 11) is 0. The van der Waals surface area contributed by atoms with Crippen LogP contribution in [0, 0.1) is 0 Å². The third-order valence-electron chi connectivity index (χ3n) is 4.49. The summed E-state index contributed by atoms with van der Waals surface area (Å²) >= 11 is 0. The first-order valence-electron chi connectivity index (χ1n) is 7.11. The van der Waals surface area contributed by atoms with E-state index >= 15 is 0 Å². The Labute approximate surface area is 130 Å². The van der Waals surface area contributed by atoms with E-state index in [2.05, 4.69) is 5.10 Å². The number of alkyl halides is 8. The standard InChI is InChI=1S/C13H12F8N2O/c14-7-3-5(1-2-11(7,15)16)23-6-4-12(17,18)10(24)8(6)9(22-23)13(19,20)21/h5,7,10,24H,1-4H2/t5-,7+,10-/m0/s1. The van der Waals surface area contributed by atoms with Crippen molar-refractivity contribution < 1.29 is 40.2 Å². The lowest BCUT2D eigenvalue weighted by Gasteiger charge is -2.32. The van der Waals surface area contributed by atoms with E-state index in [-0.39, 0.29) is 0 Å². The third kappa shape index (κ3) is 2.56. The number of aliphatic hydroxyl groups excluding tert-OH is 1. The quantitative estimate of drug-likeness (QED) is 0.770. The van der Waals surface area contributed by atoms with Crippen molar-refractivity contribution in [3.05, 3.63) is 17.0 Å². The highest BCUT2D eigenvalue weighted by atomic mass is 19.4. The topological polar surface area (TPSA) is 38.1 Å². The minimum absolute atomic E-state index is 0.402. The predicted octanol–water partition coefficient (Wildman–Crippen LogP) is 3.83. The molecule has 136 valence electrons. The summed E-state index contributed by atoms with van der Waals surface area (Å²) in [6, 6.07) is -1.20. The molecule has 3 atom stereocenters. The highest BCUT2D eigenvalue weighted by molar-refractivity contribution is 5.38. The van der Waals surface area contributed by atoms with Crippen molar-refractivity contribution in [3.8, 4) is 0 Å². The molecule has 2 aliphatic carbocycles. The summed E-state index contributed by atoms with van der Waals surface area (Å²) < 4.78 is 107. The summed E-state index contributed by atoms with van der Waals surface area (Å²) in [4.78, 5) is 0. The molecule has 24 heavy (non-hydrogen) atoms. The van der Waals surface area contributed by atoms with E-state index in [1.165, 1.54) is 0 Å². The molecule has 0 aliphatic heterocycles. The predicted molar refractivity (Wildman–Crippen MR) is 63.6 cm³/mol. The molecule has 0 radical (unpaired) electrons. The van der Waals surface area contributed by atoms with Crippen LogP contribution in [-0.4, -0.2) is 32.9 Å². The first-order chi connectivity index (χ1) is 10.8. The van der Waals surface area contributed by atoms with E-state index in [0.717, 1.165) is 0 Å². The highest BCUT2D eigenvalue weighted by Gasteiger charge is 2.56. The van der Waals surface area contributed by atoms with Crippen molar-refractivity contribution in [1.82, 2.24) is 9.78 Å². The summed E-state index contributed by atoms with van der Waals surface area (Å²) in [5.41, 5.74) is -3.32. The van der Waals surface area contributed by atoms with Gasteiger partial charge in [0, 0.05) is 18.4 Å². The van der Waals surface area contributed by atoms with Crippen molar-refractivity contribution in [1.29, 1.82) is 0 Å². The molecule has 1 heterocycles. The maximum atomic E-state index is 13.6. The van der Waals surface area contributed by atoms with Crippen molar-refractivity contribution in [2.75, 3.05) is 0 Å². The first kappa shape index (κ1) is 17.4. The third-order valence-corrected chi connectivity index (χ3v) is 4.49. The number of aromatic nitrogens is 2. The zero-order chi connectivity index (χ0) is 18.1. The molecule has 0 unspecified atom stereocenters. The number of rotatable bonds is 1. The van der Waals surface area contributed by atoms with Gasteiger partial charge in [-0.05, 0) is 6.42 Å². The Bertz CT molecular complexity index is 653. The fraction of sp³-hybridized carbons (Fsp3) is 0.769. The molecule has 0 spiro atoms. The van der Waals surface area contributed by atoms with Gasteiger partial charge in [0.25, 0.3) is 11.8 Å². The fourth-order valence-corrected chi connectivity index (χ4v) is 3.26. The van der Waals surface area contributed by atoms with Crippen molar-refractivity contribution in [2.24, 2.45) is 0 Å². The molecule has 1 aromatic rings. The van der Waals surface area contributed by atoms with Gasteiger partial charge in [0.15, 0.2) is 11.9 Å². The molecule has 1 saturated carbocycles. The summed E-state index contributed by atoms with van der Waals surface area (Å²) in [6.45, 7) is 0. The lowest BCUT2D eigenvalue weighted by Crippen LogP contribution is -2.38. The summed E-state index contributed by atoms with van der Waals surface area (Å²) in [5, 5.41) is 12.7. The minimum Gasteiger partial charge on any atom is -0.382 e. The zero-order valence-electron chi connectivity index (χ0n) is 11.9. The average Bonchev–Trinajstić information content (AvgIpc) is 2.89. The van der Waals surface area contributed by atoms with E-state index < -0.39 is 79.0 Å². The van der Waals surface area contributed by atoms with Crippen LogP contribution in [0.15, 0.2) is 0 Å². The van der Waals surface area contributed by atoms with Crippen molar-refractivity contribution in [2.45, 2.75) is 62.0 Å². The van der Waals surface area contributed by atoms with Gasteiger partial charge in [-0.15, -0.1) is 0 Å². The molecule has 1 N–H and O–H groups in total. The Morgan fingerprint density at radius 2 is 1.75 bits per heavy atom. The van der Waals surface area contributed by atoms with Crippen LogP contribution in [0.2, 0.25) is 0 Å². The largest absolute Gasteiger partial charge is 0.435 e. The van der Waals surface area contributed by atoms with Gasteiger partial charge in [-0.2, -0.15) is 18.3 Å². The number of aliphatic hydroxyl groups is 1. The number of hydrogen-bond donors (Lipinski definition) is 1. The molecule has 1 aromatic heterocycles. The molecule has 2 aliphatic rings. The van der Waals surface area contributed by atoms with Gasteiger partial charge in [-0.3, -0.25) is 4.68 Å². The number of nitrogens with zero attached hydrogens (tertiary/aromatic N) is 2. The second-order valence-electron chi connectivity index (χ2n) is 6.15. The molecule has 1 fully saturated rings. The Hall–Kier alpha value is -1.39. The molecule has 0 aromatic carbocycles. The van der Waals surface area contributed by atoms with Gasteiger partial charge in [-0.25, -0.2) is 22.0 Å². The molecule has 0 saturated heterocycles. The van der Waals surface area contributed by atoms with Crippen LogP contribution in [0.25, 0.3) is 0 Å². The normalized spacial score (nSPS) is 32.0. The van der Waals surface area contributed by atoms with Crippen molar-refractivity contribution >= 4 is 0 Å². The maximum Gasteiger partial charge on any atom is 0.435 e. The van der Waals surface area contributed by atoms with Crippen LogP contribution >= 0.6 is 0 Å². The number of fused-ring (bicyclic) bond motifs is 1. The lowest BCUT2D eigenvalue weighted by molar-refractivity contribution is -0.147. The first-order valence-corrected chi connectivity index (χ1v) is 7.11. The van der Waals surface area contributed by atoms with Crippen LogP contribution in [0.5, 0.6) is 0 Å². The lowest BCUT2D eigenvalue weighted by atomic mass is 9.90. The average molecular weight is 364 g/mol. The second-order valence-corrected chi connectivity index (χ2v) is 6.15. The summed E-state index contributed by atoms with van der Waals surface area (Å²) in [5.74, 6) is -7.44. The van der Waals surface area contributed by atoms with Gasteiger partial charge in [0.05, 0.1) is 18.2 Å². The van der Waals surface area contributed by atoms with Crippen LogP contribution in [0.1, 0.15) is 48.4 Å². The molecular formula is C13H12F8N2O. The second kappa shape index (κ2) is 5.06. The van der Waals surface area contributed by atoms with E-state index in [1.807, 2.05) is 0 Å². The highest BCUT2D eigenvalue weighted by Crippen LogP contribution is 2.50. The van der Waals surface area contributed by atoms with E-state index in [9.17, 15) is 40.2 Å². The fourth-order valence-electron chi connectivity index (χ4n) is 3.26. The van der Waals surface area contributed by atoms with Gasteiger partial charge in [-0.1, -0.05) is 0 Å². The molecular weight excluding hydrogens is 352 g/mol. The SMILES string of the molecule is O[C@H]1c2c(C(F)(F)F)nn([C@H]3CCC(F)(F)[C@H](F)C3)c2CC1(F)F. The van der Waals surface area contributed by atoms with Crippen LogP contribution in [-0.2, 0) is 12.6 Å². The molecule has 3 rings (SSSR count). The Balaban J connectivity index is 2.04. The van der Waals surface area contributed by atoms with Gasteiger partial charge in [0.2, 0.25) is 0 Å². The summed E-state index contributed by atoms with van der Waals surface area (Å²) in [6.07, 6.45) is -13.8. The van der Waals surface area contributed by atoms with Gasteiger partial charge in [0.1, 0.15) is 6.10 Å². The monoisotopic (exact) mass is 364 g/mol. The van der Waals surface area contributed by atoms with Crippen LogP contribution in [0.4, 0.5) is 35.1 Å². The smallest absolute Gasteiger partial charge is 0.382 e.